The topological polar surface area (TPSA) is 84.9 Å². The minimum atomic E-state index is -0.443. The zero-order valence-corrected chi connectivity index (χ0v) is 14.4. The van der Waals surface area contributed by atoms with E-state index in [1.54, 1.807) is 49.4 Å². The van der Waals surface area contributed by atoms with Crippen molar-refractivity contribution >= 4 is 29.2 Å². The van der Waals surface area contributed by atoms with Crippen LogP contribution >= 0.6 is 0 Å². The number of esters is 1. The lowest BCUT2D eigenvalue weighted by Gasteiger charge is -2.28. The van der Waals surface area contributed by atoms with Crippen LogP contribution in [-0.2, 0) is 14.3 Å². The van der Waals surface area contributed by atoms with Gasteiger partial charge in [0.2, 0.25) is 5.91 Å². The smallest absolute Gasteiger partial charge is 0.337 e. The first-order valence-corrected chi connectivity index (χ1v) is 8.00. The zero-order chi connectivity index (χ0) is 18.7. The number of carbonyl (C=O) groups is 3. The van der Waals surface area contributed by atoms with Crippen LogP contribution in [0.1, 0.15) is 15.9 Å². The van der Waals surface area contributed by atoms with Gasteiger partial charge in [-0.3, -0.25) is 14.5 Å². The second-order valence-electron chi connectivity index (χ2n) is 5.81. The van der Waals surface area contributed by atoms with E-state index in [9.17, 15) is 14.4 Å². The molecule has 2 aromatic carbocycles. The van der Waals surface area contributed by atoms with Crippen molar-refractivity contribution < 1.29 is 23.9 Å². The Hall–Kier alpha value is -3.35. The maximum absolute atomic E-state index is 12.4. The third-order valence-corrected chi connectivity index (χ3v) is 4.03. The van der Waals surface area contributed by atoms with Gasteiger partial charge in [-0.1, -0.05) is 12.1 Å². The lowest BCUT2D eigenvalue weighted by Crippen LogP contribution is -2.43. The molecule has 0 aromatic heterocycles. The molecule has 2 amide bonds. The van der Waals surface area contributed by atoms with Gasteiger partial charge in [0, 0.05) is 5.69 Å². The van der Waals surface area contributed by atoms with Gasteiger partial charge < -0.3 is 14.8 Å². The number of para-hydroxylation sites is 2. The van der Waals surface area contributed by atoms with E-state index in [4.69, 9.17) is 4.74 Å². The molecule has 2 aromatic rings. The number of carbonyl (C=O) groups excluding carboxylic acids is 3. The summed E-state index contributed by atoms with van der Waals surface area (Å²) < 4.78 is 10.0. The standard InChI is InChI=1S/C19H18N2O5/c1-12-9-13(19(24)25-2)7-8-14(12)20-17(22)10-21-15-5-3-4-6-16(15)26-11-18(21)23/h3-9H,10-11H2,1-2H3,(H,20,22). The maximum Gasteiger partial charge on any atom is 0.337 e. The molecule has 0 aliphatic carbocycles. The Bertz CT molecular complexity index is 878. The summed E-state index contributed by atoms with van der Waals surface area (Å²) in [5.41, 5.74) is 2.25. The van der Waals surface area contributed by atoms with Crippen LogP contribution < -0.4 is 15.0 Å². The number of benzene rings is 2. The molecule has 1 heterocycles. The molecular formula is C19H18N2O5. The molecular weight excluding hydrogens is 336 g/mol. The highest BCUT2D eigenvalue weighted by molar-refractivity contribution is 6.05. The number of fused-ring (bicyclic) bond motifs is 1. The highest BCUT2D eigenvalue weighted by Gasteiger charge is 2.27. The summed E-state index contributed by atoms with van der Waals surface area (Å²) in [7, 11) is 1.31. The first-order valence-electron chi connectivity index (χ1n) is 8.00. The molecule has 0 spiro atoms. The highest BCUT2D eigenvalue weighted by atomic mass is 16.5. The average molecular weight is 354 g/mol. The fourth-order valence-electron chi connectivity index (χ4n) is 2.71. The molecule has 0 fully saturated rings. The van der Waals surface area contributed by atoms with E-state index in [-0.39, 0.29) is 25.0 Å². The lowest BCUT2D eigenvalue weighted by molar-refractivity contribution is -0.123. The first kappa shape index (κ1) is 17.5. The van der Waals surface area contributed by atoms with Crippen LogP contribution in [0.3, 0.4) is 0 Å². The van der Waals surface area contributed by atoms with Crippen LogP contribution in [0.4, 0.5) is 11.4 Å². The van der Waals surface area contributed by atoms with Crippen molar-refractivity contribution in [2.75, 3.05) is 30.5 Å². The molecule has 0 unspecified atom stereocenters. The van der Waals surface area contributed by atoms with Crippen molar-refractivity contribution in [2.24, 2.45) is 0 Å². The van der Waals surface area contributed by atoms with E-state index >= 15 is 0 Å². The summed E-state index contributed by atoms with van der Waals surface area (Å²) in [6, 6.07) is 11.9. The third kappa shape index (κ3) is 3.51. The molecule has 0 saturated heterocycles. The fourth-order valence-corrected chi connectivity index (χ4v) is 2.71. The quantitative estimate of drug-likeness (QED) is 0.851. The predicted octanol–water partition coefficient (Wildman–Crippen LogP) is 2.15. The van der Waals surface area contributed by atoms with E-state index in [1.165, 1.54) is 12.0 Å². The number of hydrogen-bond donors (Lipinski definition) is 1. The van der Waals surface area contributed by atoms with Crippen LogP contribution in [0.5, 0.6) is 5.75 Å². The summed E-state index contributed by atoms with van der Waals surface area (Å²) in [5.74, 6) is -0.499. The van der Waals surface area contributed by atoms with Crippen molar-refractivity contribution in [1.29, 1.82) is 0 Å². The predicted molar refractivity (Wildman–Crippen MR) is 95.4 cm³/mol. The Morgan fingerprint density at radius 2 is 2.00 bits per heavy atom. The van der Waals surface area contributed by atoms with Gasteiger partial charge in [0.25, 0.3) is 5.91 Å². The minimum absolute atomic E-state index is 0.100. The molecule has 1 aliphatic rings. The summed E-state index contributed by atoms with van der Waals surface area (Å²) in [6.45, 7) is 1.55. The summed E-state index contributed by atoms with van der Waals surface area (Å²) in [5, 5.41) is 2.77. The molecule has 0 saturated carbocycles. The molecule has 0 atom stereocenters. The number of anilines is 2. The maximum atomic E-state index is 12.4. The van der Waals surface area contributed by atoms with Crippen molar-refractivity contribution in [3.05, 3.63) is 53.6 Å². The molecule has 26 heavy (non-hydrogen) atoms. The number of amides is 2. The monoisotopic (exact) mass is 354 g/mol. The molecule has 7 nitrogen and oxygen atoms in total. The second kappa shape index (κ2) is 7.26. The Kier molecular flexibility index (Phi) is 4.88. The van der Waals surface area contributed by atoms with E-state index in [1.807, 2.05) is 0 Å². The summed E-state index contributed by atoms with van der Waals surface area (Å²) in [4.78, 5) is 37.5. The van der Waals surface area contributed by atoms with Crippen molar-refractivity contribution in [3.63, 3.8) is 0 Å². The first-order chi connectivity index (χ1) is 12.5. The van der Waals surface area contributed by atoms with Gasteiger partial charge in [-0.05, 0) is 42.8 Å². The summed E-state index contributed by atoms with van der Waals surface area (Å²) in [6.07, 6.45) is 0. The van der Waals surface area contributed by atoms with E-state index < -0.39 is 5.97 Å². The number of nitrogens with zero attached hydrogens (tertiary/aromatic N) is 1. The number of rotatable bonds is 4. The average Bonchev–Trinajstić information content (AvgIpc) is 2.65. The number of ether oxygens (including phenoxy) is 2. The number of hydrogen-bond acceptors (Lipinski definition) is 5. The van der Waals surface area contributed by atoms with E-state index in [2.05, 4.69) is 10.1 Å². The van der Waals surface area contributed by atoms with Crippen molar-refractivity contribution in [3.8, 4) is 5.75 Å². The lowest BCUT2D eigenvalue weighted by atomic mass is 10.1. The van der Waals surface area contributed by atoms with Gasteiger partial charge in [0.05, 0.1) is 18.4 Å². The van der Waals surface area contributed by atoms with Crippen LogP contribution in [-0.4, -0.2) is 38.0 Å². The van der Waals surface area contributed by atoms with Gasteiger partial charge in [-0.25, -0.2) is 4.79 Å². The van der Waals surface area contributed by atoms with Crippen molar-refractivity contribution in [1.82, 2.24) is 0 Å². The molecule has 1 aliphatic heterocycles. The molecule has 0 radical (unpaired) electrons. The Balaban J connectivity index is 1.73. The van der Waals surface area contributed by atoms with Crippen LogP contribution in [0.2, 0.25) is 0 Å². The van der Waals surface area contributed by atoms with Gasteiger partial charge in [0.1, 0.15) is 12.3 Å². The van der Waals surface area contributed by atoms with Crippen LogP contribution in [0, 0.1) is 6.92 Å². The van der Waals surface area contributed by atoms with E-state index in [0.717, 1.165) is 5.56 Å². The van der Waals surface area contributed by atoms with Crippen LogP contribution in [0.15, 0.2) is 42.5 Å². The number of aryl methyl sites for hydroxylation is 1. The molecule has 134 valence electrons. The fraction of sp³-hybridized carbons (Fsp3) is 0.211. The molecule has 1 N–H and O–H groups in total. The largest absolute Gasteiger partial charge is 0.482 e. The third-order valence-electron chi connectivity index (χ3n) is 4.03. The second-order valence-corrected chi connectivity index (χ2v) is 5.81. The zero-order valence-electron chi connectivity index (χ0n) is 14.4. The SMILES string of the molecule is COC(=O)c1ccc(NC(=O)CN2C(=O)COc3ccccc32)c(C)c1. The van der Waals surface area contributed by atoms with Crippen molar-refractivity contribution in [2.45, 2.75) is 6.92 Å². The Morgan fingerprint density at radius 1 is 1.23 bits per heavy atom. The molecule has 3 rings (SSSR count). The summed E-state index contributed by atoms with van der Waals surface area (Å²) >= 11 is 0. The van der Waals surface area contributed by atoms with Gasteiger partial charge in [-0.2, -0.15) is 0 Å². The van der Waals surface area contributed by atoms with Gasteiger partial charge in [-0.15, -0.1) is 0 Å². The van der Waals surface area contributed by atoms with E-state index in [0.29, 0.717) is 22.7 Å². The minimum Gasteiger partial charge on any atom is -0.482 e. The molecule has 0 bridgehead atoms. The highest BCUT2D eigenvalue weighted by Crippen LogP contribution is 2.31. The van der Waals surface area contributed by atoms with Gasteiger partial charge in [0.15, 0.2) is 6.61 Å². The number of methoxy groups -OCH3 is 1. The molecule has 7 heteroatoms. The van der Waals surface area contributed by atoms with Crippen LogP contribution in [0.25, 0.3) is 0 Å². The number of nitrogens with one attached hydrogen (secondary N) is 1. The normalized spacial score (nSPS) is 12.8. The Morgan fingerprint density at radius 3 is 2.73 bits per heavy atom. The Labute approximate surface area is 150 Å². The van der Waals surface area contributed by atoms with Gasteiger partial charge >= 0.3 is 5.97 Å².